The third-order valence-corrected chi connectivity index (χ3v) is 3.73. The predicted molar refractivity (Wildman–Crippen MR) is 92.3 cm³/mol. The molecule has 0 radical (unpaired) electrons. The summed E-state index contributed by atoms with van der Waals surface area (Å²) in [5.74, 6) is 0.386. The van der Waals surface area contributed by atoms with Crippen molar-refractivity contribution in [2.75, 3.05) is 6.61 Å². The number of nitrogens with zero attached hydrogens (tertiary/aromatic N) is 2. The van der Waals surface area contributed by atoms with Crippen molar-refractivity contribution in [3.8, 4) is 11.8 Å². The van der Waals surface area contributed by atoms with Gasteiger partial charge in [0.25, 0.3) is 0 Å². The molecule has 0 aromatic heterocycles. The number of cyclic esters (lactones) is 1. The van der Waals surface area contributed by atoms with E-state index in [0.717, 1.165) is 15.6 Å². The van der Waals surface area contributed by atoms with Gasteiger partial charge in [-0.15, -0.1) is 0 Å². The van der Waals surface area contributed by atoms with E-state index < -0.39 is 5.97 Å². The van der Waals surface area contributed by atoms with Gasteiger partial charge in [-0.1, -0.05) is 28.1 Å². The first kappa shape index (κ1) is 16.0. The highest BCUT2D eigenvalue weighted by Gasteiger charge is 2.23. The maximum atomic E-state index is 12.0. The molecular weight excluding hydrogens is 372 g/mol. The number of ether oxygens (including phenoxy) is 2. The molecule has 0 atom stereocenters. The van der Waals surface area contributed by atoms with Gasteiger partial charge in [0.05, 0.1) is 0 Å². The van der Waals surface area contributed by atoms with E-state index in [1.807, 2.05) is 30.3 Å². The van der Waals surface area contributed by atoms with Crippen molar-refractivity contribution >= 4 is 33.9 Å². The van der Waals surface area contributed by atoms with Gasteiger partial charge in [-0.25, -0.2) is 9.79 Å². The van der Waals surface area contributed by atoms with E-state index >= 15 is 0 Å². The Morgan fingerprint density at radius 3 is 2.54 bits per heavy atom. The van der Waals surface area contributed by atoms with Gasteiger partial charge in [-0.3, -0.25) is 0 Å². The van der Waals surface area contributed by atoms with Crippen LogP contribution in [-0.4, -0.2) is 18.5 Å². The molecule has 2 aromatic carbocycles. The topological polar surface area (TPSA) is 71.7 Å². The molecule has 6 heteroatoms. The van der Waals surface area contributed by atoms with Crippen LogP contribution in [-0.2, 0) is 9.53 Å². The molecular formula is C18H11BrN2O3. The minimum atomic E-state index is -0.488. The molecule has 0 bridgehead atoms. The summed E-state index contributed by atoms with van der Waals surface area (Å²) in [6.45, 7) is -0.00634. The molecule has 24 heavy (non-hydrogen) atoms. The number of nitriles is 1. The van der Waals surface area contributed by atoms with Gasteiger partial charge in [0.1, 0.15) is 11.8 Å². The Morgan fingerprint density at radius 2 is 1.88 bits per heavy atom. The maximum Gasteiger partial charge on any atom is 0.363 e. The number of esters is 1. The summed E-state index contributed by atoms with van der Waals surface area (Å²) in [5.41, 5.74) is 1.75. The smallest absolute Gasteiger partial charge is 0.363 e. The van der Waals surface area contributed by atoms with E-state index in [-0.39, 0.29) is 18.2 Å². The predicted octanol–water partition coefficient (Wildman–Crippen LogP) is 3.70. The number of hydrogen-bond donors (Lipinski definition) is 0. The summed E-state index contributed by atoms with van der Waals surface area (Å²) in [6.07, 6.45) is 1.64. The first-order valence-corrected chi connectivity index (χ1v) is 7.83. The van der Waals surface area contributed by atoms with Gasteiger partial charge in [-0.05, 0) is 48.0 Å². The molecule has 0 unspecified atom stereocenters. The van der Waals surface area contributed by atoms with Crippen LogP contribution in [0.5, 0.6) is 5.75 Å². The van der Waals surface area contributed by atoms with Crippen LogP contribution in [0.3, 0.4) is 0 Å². The van der Waals surface area contributed by atoms with Crippen LogP contribution in [0.1, 0.15) is 11.1 Å². The molecule has 1 heterocycles. The zero-order valence-corrected chi connectivity index (χ0v) is 14.0. The molecule has 0 saturated carbocycles. The summed E-state index contributed by atoms with van der Waals surface area (Å²) in [4.78, 5) is 16.2. The van der Waals surface area contributed by atoms with Crippen LogP contribution in [0, 0.1) is 11.3 Å². The van der Waals surface area contributed by atoms with Crippen molar-refractivity contribution in [2.45, 2.75) is 0 Å². The van der Waals surface area contributed by atoms with Crippen LogP contribution in [0.4, 0.5) is 0 Å². The van der Waals surface area contributed by atoms with Crippen molar-refractivity contribution in [1.82, 2.24) is 0 Å². The minimum Gasteiger partial charge on any atom is -0.479 e. The molecule has 0 amide bonds. The van der Waals surface area contributed by atoms with Gasteiger partial charge >= 0.3 is 5.97 Å². The van der Waals surface area contributed by atoms with E-state index in [0.29, 0.717) is 5.75 Å². The zero-order valence-electron chi connectivity index (χ0n) is 12.4. The Kier molecular flexibility index (Phi) is 4.73. The first-order valence-electron chi connectivity index (χ1n) is 7.04. The van der Waals surface area contributed by atoms with Gasteiger partial charge in [0, 0.05) is 10.0 Å². The largest absolute Gasteiger partial charge is 0.479 e. The van der Waals surface area contributed by atoms with E-state index in [1.54, 1.807) is 30.3 Å². The third-order valence-electron chi connectivity index (χ3n) is 3.20. The minimum absolute atomic E-state index is 0.00634. The average molecular weight is 383 g/mol. The van der Waals surface area contributed by atoms with Crippen molar-refractivity contribution in [3.05, 3.63) is 69.8 Å². The molecule has 0 fully saturated rings. The first-order chi connectivity index (χ1) is 11.7. The molecule has 0 aliphatic carbocycles. The standard InChI is InChI=1S/C18H11BrN2O3/c19-14-5-3-13(4-6-14)17-21-16(18(22)24-17)11-12-1-7-15(8-2-12)23-10-9-20/h1-8,11H,10H2/b16-11-. The maximum absolute atomic E-state index is 12.0. The number of halogens is 1. The second-order valence-corrected chi connectivity index (χ2v) is 5.77. The van der Waals surface area contributed by atoms with Crippen LogP contribution in [0.25, 0.3) is 6.08 Å². The fourth-order valence-corrected chi connectivity index (χ4v) is 2.32. The Bertz CT molecular complexity index is 863. The van der Waals surface area contributed by atoms with Gasteiger partial charge in [-0.2, -0.15) is 5.26 Å². The zero-order chi connectivity index (χ0) is 16.9. The number of hydrogen-bond acceptors (Lipinski definition) is 5. The summed E-state index contributed by atoms with van der Waals surface area (Å²) in [6, 6.07) is 16.3. The van der Waals surface area contributed by atoms with Crippen molar-refractivity contribution in [2.24, 2.45) is 4.99 Å². The number of benzene rings is 2. The fourth-order valence-electron chi connectivity index (χ4n) is 2.06. The molecule has 2 aromatic rings. The lowest BCUT2D eigenvalue weighted by molar-refractivity contribution is -0.129. The molecule has 1 aliphatic heterocycles. The van der Waals surface area contributed by atoms with Crippen LogP contribution in [0.2, 0.25) is 0 Å². The van der Waals surface area contributed by atoms with Gasteiger partial charge in [0.2, 0.25) is 5.90 Å². The van der Waals surface area contributed by atoms with E-state index in [2.05, 4.69) is 20.9 Å². The molecule has 118 valence electrons. The van der Waals surface area contributed by atoms with Crippen LogP contribution >= 0.6 is 15.9 Å². The molecule has 5 nitrogen and oxygen atoms in total. The van der Waals surface area contributed by atoms with E-state index in [9.17, 15) is 4.79 Å². The highest BCUT2D eigenvalue weighted by atomic mass is 79.9. The second kappa shape index (κ2) is 7.11. The van der Waals surface area contributed by atoms with Crippen LogP contribution in [0.15, 0.2) is 63.7 Å². The normalized spacial score (nSPS) is 14.9. The number of carbonyl (C=O) groups is 1. The molecule has 0 saturated heterocycles. The lowest BCUT2D eigenvalue weighted by Gasteiger charge is -2.01. The van der Waals surface area contributed by atoms with Crippen molar-refractivity contribution in [3.63, 3.8) is 0 Å². The number of carbonyl (C=O) groups excluding carboxylic acids is 1. The van der Waals surface area contributed by atoms with Crippen molar-refractivity contribution in [1.29, 1.82) is 5.26 Å². The average Bonchev–Trinajstić information content (AvgIpc) is 2.95. The Hall–Kier alpha value is -2.91. The van der Waals surface area contributed by atoms with Crippen LogP contribution < -0.4 is 4.74 Å². The molecule has 3 rings (SSSR count). The van der Waals surface area contributed by atoms with E-state index in [4.69, 9.17) is 14.7 Å². The van der Waals surface area contributed by atoms with Gasteiger partial charge < -0.3 is 9.47 Å². The van der Waals surface area contributed by atoms with E-state index in [1.165, 1.54) is 0 Å². The monoisotopic (exact) mass is 382 g/mol. The molecule has 0 spiro atoms. The lowest BCUT2D eigenvalue weighted by Crippen LogP contribution is -2.05. The third kappa shape index (κ3) is 3.70. The Labute approximate surface area is 147 Å². The molecule has 1 aliphatic rings. The number of rotatable bonds is 4. The Balaban J connectivity index is 1.80. The lowest BCUT2D eigenvalue weighted by atomic mass is 10.2. The number of aliphatic imine (C=N–C) groups is 1. The summed E-state index contributed by atoms with van der Waals surface area (Å²) < 4.78 is 11.3. The highest BCUT2D eigenvalue weighted by Crippen LogP contribution is 2.21. The second-order valence-electron chi connectivity index (χ2n) is 4.86. The SMILES string of the molecule is N#CCOc1ccc(/C=C2\N=C(c3ccc(Br)cc3)OC2=O)cc1. The highest BCUT2D eigenvalue weighted by molar-refractivity contribution is 9.10. The van der Waals surface area contributed by atoms with Gasteiger partial charge in [0.15, 0.2) is 12.3 Å². The summed E-state index contributed by atoms with van der Waals surface area (Å²) in [5, 5.41) is 8.48. The quantitative estimate of drug-likeness (QED) is 0.596. The summed E-state index contributed by atoms with van der Waals surface area (Å²) in [7, 11) is 0. The Morgan fingerprint density at radius 1 is 1.17 bits per heavy atom. The molecule has 0 N–H and O–H groups in total. The summed E-state index contributed by atoms with van der Waals surface area (Å²) >= 11 is 3.36. The fraction of sp³-hybridized carbons (Fsp3) is 0.0556. The van der Waals surface area contributed by atoms with Crippen molar-refractivity contribution < 1.29 is 14.3 Å².